The van der Waals surface area contributed by atoms with E-state index in [-0.39, 0.29) is 24.4 Å². The third-order valence-corrected chi connectivity index (χ3v) is 3.75. The number of benzene rings is 1. The van der Waals surface area contributed by atoms with E-state index in [4.69, 9.17) is 22.1 Å². The van der Waals surface area contributed by atoms with Crippen molar-refractivity contribution in [1.29, 1.82) is 0 Å². The summed E-state index contributed by atoms with van der Waals surface area (Å²) in [6, 6.07) is 5.47. The van der Waals surface area contributed by atoms with Crippen LogP contribution in [0.2, 0.25) is 5.02 Å². The summed E-state index contributed by atoms with van der Waals surface area (Å²) in [6.07, 6.45) is 0.351. The van der Waals surface area contributed by atoms with Crippen molar-refractivity contribution in [3.63, 3.8) is 0 Å². The lowest BCUT2D eigenvalue weighted by molar-refractivity contribution is -0.136. The molecule has 1 heterocycles. The predicted molar refractivity (Wildman–Crippen MR) is 82.7 cm³/mol. The van der Waals surface area contributed by atoms with Crippen LogP contribution in [0.4, 0.5) is 0 Å². The monoisotopic (exact) mass is 318 g/mol. The van der Waals surface area contributed by atoms with Gasteiger partial charge in [0.15, 0.2) is 6.10 Å². The molecule has 0 radical (unpaired) electrons. The van der Waals surface area contributed by atoms with E-state index in [9.17, 15) is 4.79 Å². The first-order chi connectivity index (χ1) is 8.97. The highest BCUT2D eigenvalue weighted by Crippen LogP contribution is 2.22. The van der Waals surface area contributed by atoms with Gasteiger partial charge in [-0.2, -0.15) is 0 Å². The number of ether oxygens (including phenoxy) is 1. The zero-order valence-electron chi connectivity index (χ0n) is 11.6. The lowest BCUT2D eigenvalue weighted by Gasteiger charge is -2.21. The topological polar surface area (TPSA) is 55.6 Å². The second-order valence-corrected chi connectivity index (χ2v) is 5.41. The zero-order chi connectivity index (χ0) is 14.0. The average molecular weight is 319 g/mol. The van der Waals surface area contributed by atoms with Gasteiger partial charge in [-0.3, -0.25) is 4.79 Å². The molecule has 1 aromatic rings. The Morgan fingerprint density at radius 1 is 1.55 bits per heavy atom. The summed E-state index contributed by atoms with van der Waals surface area (Å²) in [6.45, 7) is 5.00. The Hall–Kier alpha value is -0.970. The van der Waals surface area contributed by atoms with Crippen LogP contribution < -0.4 is 10.5 Å². The molecule has 2 atom stereocenters. The van der Waals surface area contributed by atoms with Crippen molar-refractivity contribution in [2.45, 2.75) is 32.4 Å². The zero-order valence-corrected chi connectivity index (χ0v) is 13.2. The van der Waals surface area contributed by atoms with Gasteiger partial charge in [-0.25, -0.2) is 0 Å². The summed E-state index contributed by atoms with van der Waals surface area (Å²) in [5.74, 6) is 0.645. The number of carbonyl (C=O) groups is 1. The van der Waals surface area contributed by atoms with Gasteiger partial charge >= 0.3 is 0 Å². The number of carbonyl (C=O) groups excluding carboxylic acids is 1. The Balaban J connectivity index is 0.00000200. The maximum absolute atomic E-state index is 12.2. The second kappa shape index (κ2) is 7.16. The summed E-state index contributed by atoms with van der Waals surface area (Å²) in [5, 5.41) is 0.692. The molecule has 1 aliphatic rings. The Kier molecular flexibility index (Phi) is 6.11. The molecule has 0 saturated carbocycles. The summed E-state index contributed by atoms with van der Waals surface area (Å²) in [7, 11) is 0. The number of likely N-dealkylation sites (tertiary alicyclic amines) is 1. The first kappa shape index (κ1) is 17.1. The molecule has 2 N–H and O–H groups in total. The van der Waals surface area contributed by atoms with Crippen molar-refractivity contribution in [2.75, 3.05) is 13.1 Å². The van der Waals surface area contributed by atoms with E-state index >= 15 is 0 Å². The highest BCUT2D eigenvalue weighted by Gasteiger charge is 2.28. The number of nitrogens with two attached hydrogens (primary N) is 1. The minimum atomic E-state index is -0.508. The van der Waals surface area contributed by atoms with Crippen molar-refractivity contribution in [3.05, 3.63) is 28.8 Å². The summed E-state index contributed by atoms with van der Waals surface area (Å²) in [4.78, 5) is 13.9. The lowest BCUT2D eigenvalue weighted by Crippen LogP contribution is -2.40. The van der Waals surface area contributed by atoms with Crippen LogP contribution in [0.1, 0.15) is 18.9 Å². The Morgan fingerprint density at radius 2 is 2.25 bits per heavy atom. The van der Waals surface area contributed by atoms with Crippen molar-refractivity contribution in [2.24, 2.45) is 5.73 Å². The van der Waals surface area contributed by atoms with E-state index < -0.39 is 6.10 Å². The average Bonchev–Trinajstić information content (AvgIpc) is 2.79. The molecule has 0 bridgehead atoms. The third kappa shape index (κ3) is 4.01. The van der Waals surface area contributed by atoms with Gasteiger partial charge in [-0.1, -0.05) is 11.6 Å². The number of hydrogen-bond donors (Lipinski definition) is 1. The molecule has 1 aliphatic heterocycles. The number of halogens is 2. The first-order valence-corrected chi connectivity index (χ1v) is 6.82. The van der Waals surface area contributed by atoms with Crippen LogP contribution in [-0.4, -0.2) is 36.0 Å². The van der Waals surface area contributed by atoms with Gasteiger partial charge in [0.1, 0.15) is 5.75 Å². The van der Waals surface area contributed by atoms with Crippen LogP contribution in [-0.2, 0) is 4.79 Å². The maximum atomic E-state index is 12.2. The van der Waals surface area contributed by atoms with E-state index in [0.29, 0.717) is 23.9 Å². The molecule has 1 amide bonds. The Morgan fingerprint density at radius 3 is 2.80 bits per heavy atom. The fourth-order valence-electron chi connectivity index (χ4n) is 2.19. The minimum Gasteiger partial charge on any atom is -0.481 e. The smallest absolute Gasteiger partial charge is 0.263 e. The van der Waals surface area contributed by atoms with Crippen LogP contribution in [0.25, 0.3) is 0 Å². The SMILES string of the molecule is Cc1cc(OC(C)C(=O)N2CC[C@@H](N)C2)ccc1Cl.Cl. The van der Waals surface area contributed by atoms with Gasteiger partial charge in [0, 0.05) is 24.2 Å². The molecule has 0 aliphatic carbocycles. The van der Waals surface area contributed by atoms with E-state index in [0.717, 1.165) is 12.0 Å². The number of amides is 1. The van der Waals surface area contributed by atoms with Gasteiger partial charge in [-0.05, 0) is 44.0 Å². The van der Waals surface area contributed by atoms with Gasteiger partial charge < -0.3 is 15.4 Å². The summed E-state index contributed by atoms with van der Waals surface area (Å²) < 4.78 is 5.67. The molecule has 2 rings (SSSR count). The van der Waals surface area contributed by atoms with Crippen molar-refractivity contribution in [3.8, 4) is 5.75 Å². The normalized spacial score (nSPS) is 19.4. The molecular formula is C14H20Cl2N2O2. The van der Waals surface area contributed by atoms with Crippen LogP contribution in [0.3, 0.4) is 0 Å². The van der Waals surface area contributed by atoms with Gasteiger partial charge in [-0.15, -0.1) is 12.4 Å². The van der Waals surface area contributed by atoms with Crippen LogP contribution in [0.5, 0.6) is 5.75 Å². The van der Waals surface area contributed by atoms with Gasteiger partial charge in [0.05, 0.1) is 0 Å². The maximum Gasteiger partial charge on any atom is 0.263 e. The van der Waals surface area contributed by atoms with E-state index in [1.54, 1.807) is 24.0 Å². The largest absolute Gasteiger partial charge is 0.481 e. The molecular weight excluding hydrogens is 299 g/mol. The molecule has 112 valence electrons. The second-order valence-electron chi connectivity index (χ2n) is 5.00. The molecule has 20 heavy (non-hydrogen) atoms. The fourth-order valence-corrected chi connectivity index (χ4v) is 2.31. The molecule has 4 nitrogen and oxygen atoms in total. The molecule has 6 heteroatoms. The van der Waals surface area contributed by atoms with E-state index in [2.05, 4.69) is 0 Å². The summed E-state index contributed by atoms with van der Waals surface area (Å²) >= 11 is 5.95. The van der Waals surface area contributed by atoms with E-state index in [1.165, 1.54) is 0 Å². The van der Waals surface area contributed by atoms with Crippen molar-refractivity contribution >= 4 is 29.9 Å². The predicted octanol–water partition coefficient (Wildman–Crippen LogP) is 2.40. The Bertz CT molecular complexity index is 482. The van der Waals surface area contributed by atoms with Gasteiger partial charge in [0.25, 0.3) is 5.91 Å². The standard InChI is InChI=1S/C14H19ClN2O2.ClH/c1-9-7-12(3-4-13(9)15)19-10(2)14(18)17-6-5-11(16)8-17;/h3-4,7,10-11H,5-6,8,16H2,1-2H3;1H/t10?,11-;/m1./s1. The van der Waals surface area contributed by atoms with Crippen LogP contribution in [0.15, 0.2) is 18.2 Å². The molecule has 1 aromatic carbocycles. The highest BCUT2D eigenvalue weighted by atomic mass is 35.5. The number of rotatable bonds is 3. The van der Waals surface area contributed by atoms with Crippen LogP contribution in [0, 0.1) is 6.92 Å². The molecule has 1 fully saturated rings. The third-order valence-electron chi connectivity index (χ3n) is 3.33. The quantitative estimate of drug-likeness (QED) is 0.931. The van der Waals surface area contributed by atoms with Crippen molar-refractivity contribution < 1.29 is 9.53 Å². The Labute approximate surface area is 130 Å². The molecule has 0 spiro atoms. The fraction of sp³-hybridized carbons (Fsp3) is 0.500. The number of aryl methyl sites for hydroxylation is 1. The number of nitrogens with zero attached hydrogens (tertiary/aromatic N) is 1. The molecule has 1 saturated heterocycles. The van der Waals surface area contributed by atoms with Crippen LogP contribution >= 0.6 is 24.0 Å². The molecule has 0 aromatic heterocycles. The lowest BCUT2D eigenvalue weighted by atomic mass is 10.2. The van der Waals surface area contributed by atoms with Crippen molar-refractivity contribution in [1.82, 2.24) is 4.90 Å². The van der Waals surface area contributed by atoms with Gasteiger partial charge in [0.2, 0.25) is 0 Å². The van der Waals surface area contributed by atoms with E-state index in [1.807, 2.05) is 13.0 Å². The highest BCUT2D eigenvalue weighted by molar-refractivity contribution is 6.31. The molecule has 1 unspecified atom stereocenters. The number of hydrogen-bond acceptors (Lipinski definition) is 3. The summed E-state index contributed by atoms with van der Waals surface area (Å²) in [5.41, 5.74) is 6.74. The first-order valence-electron chi connectivity index (χ1n) is 6.44. The minimum absolute atomic E-state index is 0.